The molecule has 0 aliphatic rings. The highest BCUT2D eigenvalue weighted by Crippen LogP contribution is 2.12. The van der Waals surface area contributed by atoms with Gasteiger partial charge in [0.15, 0.2) is 0 Å². The van der Waals surface area contributed by atoms with Gasteiger partial charge in [0.1, 0.15) is 0 Å². The SMILES string of the molecule is C=C[C@H](NCCC)c1ccccc1. The van der Waals surface area contributed by atoms with Crippen LogP contribution < -0.4 is 5.32 Å². The van der Waals surface area contributed by atoms with Crippen molar-refractivity contribution in [2.24, 2.45) is 0 Å². The maximum Gasteiger partial charge on any atom is 0.0503 e. The molecule has 0 heterocycles. The first-order chi connectivity index (χ1) is 6.38. The van der Waals surface area contributed by atoms with Crippen molar-refractivity contribution < 1.29 is 0 Å². The highest BCUT2D eigenvalue weighted by molar-refractivity contribution is 5.22. The zero-order chi connectivity index (χ0) is 9.52. The minimum atomic E-state index is 0.293. The second kappa shape index (κ2) is 5.55. The molecule has 13 heavy (non-hydrogen) atoms. The summed E-state index contributed by atoms with van der Waals surface area (Å²) < 4.78 is 0. The van der Waals surface area contributed by atoms with Gasteiger partial charge in [0.2, 0.25) is 0 Å². The van der Waals surface area contributed by atoms with Crippen LogP contribution in [0.15, 0.2) is 43.0 Å². The van der Waals surface area contributed by atoms with Crippen LogP contribution in [0.25, 0.3) is 0 Å². The Hall–Kier alpha value is -1.08. The second-order valence-corrected chi connectivity index (χ2v) is 3.08. The van der Waals surface area contributed by atoms with Crippen molar-refractivity contribution in [3.8, 4) is 0 Å². The summed E-state index contributed by atoms with van der Waals surface area (Å²) in [7, 11) is 0. The van der Waals surface area contributed by atoms with Crippen molar-refractivity contribution in [2.45, 2.75) is 19.4 Å². The van der Waals surface area contributed by atoms with Gasteiger partial charge in [0.25, 0.3) is 0 Å². The van der Waals surface area contributed by atoms with Gasteiger partial charge in [-0.25, -0.2) is 0 Å². The topological polar surface area (TPSA) is 12.0 Å². The van der Waals surface area contributed by atoms with E-state index in [2.05, 4.69) is 43.1 Å². The predicted molar refractivity (Wildman–Crippen MR) is 57.7 cm³/mol. The summed E-state index contributed by atoms with van der Waals surface area (Å²) in [6, 6.07) is 10.7. The monoisotopic (exact) mass is 175 g/mol. The third-order valence-electron chi connectivity index (χ3n) is 2.01. The van der Waals surface area contributed by atoms with Crippen LogP contribution in [0.5, 0.6) is 0 Å². The van der Waals surface area contributed by atoms with Crippen LogP contribution in [0.2, 0.25) is 0 Å². The maximum atomic E-state index is 3.83. The lowest BCUT2D eigenvalue weighted by Crippen LogP contribution is -2.19. The zero-order valence-corrected chi connectivity index (χ0v) is 8.16. The molecular formula is C12H17N. The predicted octanol–water partition coefficient (Wildman–Crippen LogP) is 2.91. The molecule has 0 amide bonds. The van der Waals surface area contributed by atoms with Crippen LogP contribution in [0.1, 0.15) is 24.9 Å². The average molecular weight is 175 g/mol. The van der Waals surface area contributed by atoms with E-state index < -0.39 is 0 Å². The fourth-order valence-corrected chi connectivity index (χ4v) is 1.30. The summed E-state index contributed by atoms with van der Waals surface area (Å²) in [5.74, 6) is 0. The van der Waals surface area contributed by atoms with Gasteiger partial charge in [0.05, 0.1) is 6.04 Å². The third kappa shape index (κ3) is 3.03. The van der Waals surface area contributed by atoms with E-state index in [0.29, 0.717) is 6.04 Å². The van der Waals surface area contributed by atoms with E-state index in [4.69, 9.17) is 0 Å². The van der Waals surface area contributed by atoms with Gasteiger partial charge in [-0.2, -0.15) is 0 Å². The number of benzene rings is 1. The van der Waals surface area contributed by atoms with Crippen molar-refractivity contribution in [1.82, 2.24) is 5.32 Å². The maximum absolute atomic E-state index is 3.83. The number of nitrogens with one attached hydrogen (secondary N) is 1. The van der Waals surface area contributed by atoms with Gasteiger partial charge in [-0.3, -0.25) is 0 Å². The Morgan fingerprint density at radius 1 is 1.38 bits per heavy atom. The Labute approximate surface area is 80.5 Å². The molecule has 1 aromatic carbocycles. The molecule has 1 N–H and O–H groups in total. The van der Waals surface area contributed by atoms with E-state index in [1.807, 2.05) is 12.1 Å². The molecule has 0 saturated heterocycles. The van der Waals surface area contributed by atoms with Gasteiger partial charge in [-0.05, 0) is 18.5 Å². The smallest absolute Gasteiger partial charge is 0.0503 e. The molecule has 0 spiro atoms. The Balaban J connectivity index is 2.61. The lowest BCUT2D eigenvalue weighted by Gasteiger charge is -2.13. The lowest BCUT2D eigenvalue weighted by atomic mass is 10.1. The van der Waals surface area contributed by atoms with E-state index in [-0.39, 0.29) is 0 Å². The standard InChI is InChI=1S/C12H17N/c1-3-10-13-12(4-2)11-8-6-5-7-9-11/h4-9,12-13H,2-3,10H2,1H3/t12-/m0/s1. The molecule has 70 valence electrons. The molecule has 0 aliphatic heterocycles. The first-order valence-electron chi connectivity index (χ1n) is 4.79. The Morgan fingerprint density at radius 2 is 2.08 bits per heavy atom. The van der Waals surface area contributed by atoms with E-state index in [9.17, 15) is 0 Å². The van der Waals surface area contributed by atoms with Crippen LogP contribution in [-0.4, -0.2) is 6.54 Å². The average Bonchev–Trinajstić information content (AvgIpc) is 2.21. The van der Waals surface area contributed by atoms with E-state index >= 15 is 0 Å². The van der Waals surface area contributed by atoms with Crippen molar-refractivity contribution in [3.05, 3.63) is 48.6 Å². The minimum Gasteiger partial charge on any atom is -0.307 e. The van der Waals surface area contributed by atoms with Crippen molar-refractivity contribution in [1.29, 1.82) is 0 Å². The Morgan fingerprint density at radius 3 is 2.62 bits per heavy atom. The minimum absolute atomic E-state index is 0.293. The van der Waals surface area contributed by atoms with Gasteiger partial charge in [-0.15, -0.1) is 6.58 Å². The van der Waals surface area contributed by atoms with Crippen LogP contribution in [0.3, 0.4) is 0 Å². The highest BCUT2D eigenvalue weighted by Gasteiger charge is 2.03. The molecular weight excluding hydrogens is 158 g/mol. The normalized spacial score (nSPS) is 12.4. The van der Waals surface area contributed by atoms with Crippen LogP contribution >= 0.6 is 0 Å². The molecule has 0 aromatic heterocycles. The summed E-state index contributed by atoms with van der Waals surface area (Å²) in [5, 5.41) is 3.42. The van der Waals surface area contributed by atoms with E-state index in [0.717, 1.165) is 13.0 Å². The van der Waals surface area contributed by atoms with Gasteiger partial charge >= 0.3 is 0 Å². The van der Waals surface area contributed by atoms with Gasteiger partial charge < -0.3 is 5.32 Å². The van der Waals surface area contributed by atoms with Gasteiger partial charge in [0, 0.05) is 0 Å². The Kier molecular flexibility index (Phi) is 4.27. The summed E-state index contributed by atoms with van der Waals surface area (Å²) in [6.07, 6.45) is 3.10. The summed E-state index contributed by atoms with van der Waals surface area (Å²) >= 11 is 0. The van der Waals surface area contributed by atoms with Crippen LogP contribution in [0.4, 0.5) is 0 Å². The molecule has 0 radical (unpaired) electrons. The first kappa shape index (κ1) is 10.0. The molecule has 0 bridgehead atoms. The molecule has 0 unspecified atom stereocenters. The number of rotatable bonds is 5. The fourth-order valence-electron chi connectivity index (χ4n) is 1.30. The second-order valence-electron chi connectivity index (χ2n) is 3.08. The van der Waals surface area contributed by atoms with Crippen molar-refractivity contribution in [2.75, 3.05) is 6.54 Å². The largest absolute Gasteiger partial charge is 0.307 e. The summed E-state index contributed by atoms with van der Waals surface area (Å²) in [4.78, 5) is 0. The molecule has 1 heteroatoms. The summed E-state index contributed by atoms with van der Waals surface area (Å²) in [6.45, 7) is 7.03. The quantitative estimate of drug-likeness (QED) is 0.678. The molecule has 1 aromatic rings. The van der Waals surface area contributed by atoms with Gasteiger partial charge in [-0.1, -0.05) is 43.3 Å². The van der Waals surface area contributed by atoms with E-state index in [1.165, 1.54) is 5.56 Å². The van der Waals surface area contributed by atoms with Crippen molar-refractivity contribution in [3.63, 3.8) is 0 Å². The molecule has 0 fully saturated rings. The van der Waals surface area contributed by atoms with Crippen LogP contribution in [-0.2, 0) is 0 Å². The van der Waals surface area contributed by atoms with E-state index in [1.54, 1.807) is 0 Å². The molecule has 0 aliphatic carbocycles. The summed E-state index contributed by atoms with van der Waals surface area (Å²) in [5.41, 5.74) is 1.28. The number of hydrogen-bond donors (Lipinski definition) is 1. The fraction of sp³-hybridized carbons (Fsp3) is 0.333. The third-order valence-corrected chi connectivity index (χ3v) is 2.01. The van der Waals surface area contributed by atoms with Crippen molar-refractivity contribution >= 4 is 0 Å². The Bertz CT molecular complexity index is 241. The number of hydrogen-bond acceptors (Lipinski definition) is 1. The first-order valence-corrected chi connectivity index (χ1v) is 4.79. The highest BCUT2D eigenvalue weighted by atomic mass is 14.9. The lowest BCUT2D eigenvalue weighted by molar-refractivity contribution is 0.613. The molecule has 1 rings (SSSR count). The molecule has 0 saturated carbocycles. The molecule has 1 nitrogen and oxygen atoms in total. The zero-order valence-electron chi connectivity index (χ0n) is 8.16. The molecule has 1 atom stereocenters. The van der Waals surface area contributed by atoms with Crippen LogP contribution in [0, 0.1) is 0 Å².